The van der Waals surface area contributed by atoms with E-state index in [4.69, 9.17) is 4.74 Å². The zero-order valence-electron chi connectivity index (χ0n) is 19.0. The molecule has 3 aromatic carbocycles. The number of anilines is 2. The van der Waals surface area contributed by atoms with Gasteiger partial charge >= 0.3 is 0 Å². The van der Waals surface area contributed by atoms with Crippen molar-refractivity contribution in [1.82, 2.24) is 4.98 Å². The third kappa shape index (κ3) is 4.25. The van der Waals surface area contributed by atoms with Crippen LogP contribution >= 0.6 is 11.3 Å². The van der Waals surface area contributed by atoms with Crippen molar-refractivity contribution in [1.29, 1.82) is 0 Å². The van der Waals surface area contributed by atoms with Crippen LogP contribution < -0.4 is 14.4 Å². The highest BCUT2D eigenvalue weighted by molar-refractivity contribution is 7.92. The number of rotatable bonds is 6. The molecule has 1 N–H and O–H groups in total. The summed E-state index contributed by atoms with van der Waals surface area (Å²) in [7, 11) is -2.41. The number of carbonyl (C=O) groups excluding carboxylic acids is 1. The van der Waals surface area contributed by atoms with Crippen molar-refractivity contribution in [3.8, 4) is 5.75 Å². The molecule has 10 nitrogen and oxygen atoms in total. The fourth-order valence-corrected chi connectivity index (χ4v) is 6.58. The molecule has 0 atom stereocenters. The molecule has 184 valence electrons. The molecule has 0 unspecified atom stereocenters. The lowest BCUT2D eigenvalue weighted by atomic mass is 10.0. The molecule has 5 rings (SSSR count). The monoisotopic (exact) mass is 524 g/mol. The second-order valence-corrected chi connectivity index (χ2v) is 11.0. The summed E-state index contributed by atoms with van der Waals surface area (Å²) in [5, 5.41) is 14.1. The summed E-state index contributed by atoms with van der Waals surface area (Å²) in [6.07, 6.45) is 1.55. The molecular weight excluding hydrogens is 504 g/mol. The van der Waals surface area contributed by atoms with Crippen LogP contribution in [0.4, 0.5) is 16.5 Å². The van der Waals surface area contributed by atoms with Gasteiger partial charge in [-0.2, -0.15) is 0 Å². The maximum Gasteiger partial charge on any atom is 0.274 e. The smallest absolute Gasteiger partial charge is 0.274 e. The standard InChI is InChI=1S/C24H20N4O6S2/c1-34-20-13-17(28(30)31)14-21-22(20)25-24(35-21)26-23(29)16-8-10-18(11-9-16)36(32,33)27-12-4-6-15-5-2-3-7-19(15)27/h2-3,5,7-11,13-14H,4,6,12H2,1H3,(H,25,26,29). The lowest BCUT2D eigenvalue weighted by Crippen LogP contribution is -2.35. The lowest BCUT2D eigenvalue weighted by molar-refractivity contribution is -0.384. The summed E-state index contributed by atoms with van der Waals surface area (Å²) < 4.78 is 33.7. The Balaban J connectivity index is 1.37. The molecule has 0 fully saturated rings. The molecule has 0 spiro atoms. The van der Waals surface area contributed by atoms with Crippen LogP contribution in [0, 0.1) is 10.1 Å². The van der Waals surface area contributed by atoms with Gasteiger partial charge in [0.15, 0.2) is 10.9 Å². The van der Waals surface area contributed by atoms with E-state index in [2.05, 4.69) is 10.3 Å². The van der Waals surface area contributed by atoms with Gasteiger partial charge in [0.1, 0.15) is 5.52 Å². The number of aromatic nitrogens is 1. The highest BCUT2D eigenvalue weighted by atomic mass is 32.2. The van der Waals surface area contributed by atoms with Gasteiger partial charge in [0, 0.05) is 18.2 Å². The van der Waals surface area contributed by atoms with Crippen LogP contribution in [0.5, 0.6) is 5.75 Å². The number of thiazole rings is 1. The van der Waals surface area contributed by atoms with Crippen LogP contribution in [0.1, 0.15) is 22.3 Å². The Labute approximate surface area is 210 Å². The Bertz CT molecular complexity index is 1600. The predicted octanol–water partition coefficient (Wildman–Crippen LogP) is 4.61. The van der Waals surface area contributed by atoms with E-state index in [0.29, 0.717) is 22.4 Å². The van der Waals surface area contributed by atoms with Gasteiger partial charge in [0.05, 0.1) is 33.4 Å². The Morgan fingerprint density at radius 1 is 1.17 bits per heavy atom. The van der Waals surface area contributed by atoms with E-state index in [0.717, 1.165) is 29.7 Å². The molecule has 1 amide bonds. The Morgan fingerprint density at radius 2 is 1.92 bits per heavy atom. The summed E-state index contributed by atoms with van der Waals surface area (Å²) in [6.45, 7) is 0.390. The molecule has 0 saturated carbocycles. The number of sulfonamides is 1. The van der Waals surface area contributed by atoms with E-state index < -0.39 is 20.9 Å². The summed E-state index contributed by atoms with van der Waals surface area (Å²) in [4.78, 5) is 27.8. The Kier molecular flexibility index (Phi) is 6.06. The van der Waals surface area contributed by atoms with E-state index in [1.54, 1.807) is 6.07 Å². The molecule has 0 aliphatic carbocycles. The third-order valence-electron chi connectivity index (χ3n) is 5.87. The number of non-ortho nitro benzene ring substituents is 1. The van der Waals surface area contributed by atoms with Crippen molar-refractivity contribution in [3.63, 3.8) is 0 Å². The largest absolute Gasteiger partial charge is 0.494 e. The number of amides is 1. The first-order valence-corrected chi connectivity index (χ1v) is 13.2. The van der Waals surface area contributed by atoms with Crippen LogP contribution in [0.15, 0.2) is 65.6 Å². The quantitative estimate of drug-likeness (QED) is 0.288. The van der Waals surface area contributed by atoms with Crippen LogP contribution in [-0.2, 0) is 16.4 Å². The number of fused-ring (bicyclic) bond motifs is 2. The zero-order valence-corrected chi connectivity index (χ0v) is 20.6. The number of nitro benzene ring substituents is 1. The summed E-state index contributed by atoms with van der Waals surface area (Å²) in [6, 6.07) is 15.8. The summed E-state index contributed by atoms with van der Waals surface area (Å²) >= 11 is 1.07. The average molecular weight is 525 g/mol. The van der Waals surface area contributed by atoms with Crippen LogP contribution in [0.3, 0.4) is 0 Å². The third-order valence-corrected chi connectivity index (χ3v) is 8.61. The minimum Gasteiger partial charge on any atom is -0.494 e. The Hall–Kier alpha value is -4.03. The minimum atomic E-state index is -3.79. The lowest BCUT2D eigenvalue weighted by Gasteiger charge is -2.30. The fourth-order valence-electron chi connectivity index (χ4n) is 4.12. The predicted molar refractivity (Wildman–Crippen MR) is 137 cm³/mol. The topological polar surface area (TPSA) is 132 Å². The van der Waals surface area contributed by atoms with Crippen LogP contribution in [-0.4, -0.2) is 37.9 Å². The first-order chi connectivity index (χ1) is 17.3. The van der Waals surface area contributed by atoms with Crippen molar-refractivity contribution in [2.45, 2.75) is 17.7 Å². The SMILES string of the molecule is COc1cc([N+](=O)[O-])cc2sc(NC(=O)c3ccc(S(=O)(=O)N4CCCc5ccccc54)cc3)nc12. The second-order valence-electron chi connectivity index (χ2n) is 8.06. The van der Waals surface area contributed by atoms with Gasteiger partial charge in [0.25, 0.3) is 21.6 Å². The molecule has 0 radical (unpaired) electrons. The molecule has 1 aliphatic heterocycles. The second kappa shape index (κ2) is 9.21. The number of para-hydroxylation sites is 1. The van der Waals surface area contributed by atoms with Gasteiger partial charge in [0.2, 0.25) is 0 Å². The number of carbonyl (C=O) groups is 1. The van der Waals surface area contributed by atoms with Crippen LogP contribution in [0.2, 0.25) is 0 Å². The van der Waals surface area contributed by atoms with Gasteiger partial charge in [-0.25, -0.2) is 13.4 Å². The minimum absolute atomic E-state index is 0.0905. The summed E-state index contributed by atoms with van der Waals surface area (Å²) in [5.41, 5.74) is 2.16. The van der Waals surface area contributed by atoms with E-state index in [1.807, 2.05) is 18.2 Å². The Morgan fingerprint density at radius 3 is 2.64 bits per heavy atom. The number of hydrogen-bond acceptors (Lipinski definition) is 8. The number of hydrogen-bond donors (Lipinski definition) is 1. The number of aryl methyl sites for hydroxylation is 1. The number of ether oxygens (including phenoxy) is 1. The van der Waals surface area contributed by atoms with Gasteiger partial charge in [-0.1, -0.05) is 29.5 Å². The zero-order chi connectivity index (χ0) is 25.4. The maximum atomic E-state index is 13.3. The molecule has 2 heterocycles. The number of methoxy groups -OCH3 is 1. The molecule has 36 heavy (non-hydrogen) atoms. The van der Waals surface area contributed by atoms with Crippen molar-refractivity contribution >= 4 is 54.0 Å². The molecule has 12 heteroatoms. The van der Waals surface area contributed by atoms with Crippen molar-refractivity contribution in [2.24, 2.45) is 0 Å². The normalized spacial score (nSPS) is 13.3. The van der Waals surface area contributed by atoms with E-state index in [9.17, 15) is 23.3 Å². The van der Waals surface area contributed by atoms with Gasteiger partial charge in [-0.3, -0.25) is 24.5 Å². The van der Waals surface area contributed by atoms with Crippen molar-refractivity contribution in [2.75, 3.05) is 23.3 Å². The van der Waals surface area contributed by atoms with Gasteiger partial charge in [-0.05, 0) is 48.7 Å². The first kappa shape index (κ1) is 23.7. The van der Waals surface area contributed by atoms with E-state index in [1.165, 1.54) is 47.8 Å². The van der Waals surface area contributed by atoms with E-state index >= 15 is 0 Å². The molecule has 0 bridgehead atoms. The molecule has 4 aromatic rings. The average Bonchev–Trinajstić information content (AvgIpc) is 3.30. The summed E-state index contributed by atoms with van der Waals surface area (Å²) in [5.74, 6) is -0.264. The number of nitro groups is 1. The fraction of sp³-hybridized carbons (Fsp3) is 0.167. The van der Waals surface area contributed by atoms with Crippen molar-refractivity contribution in [3.05, 3.63) is 81.9 Å². The maximum absolute atomic E-state index is 13.3. The van der Waals surface area contributed by atoms with E-state index in [-0.39, 0.29) is 27.0 Å². The highest BCUT2D eigenvalue weighted by Crippen LogP contribution is 2.36. The molecular formula is C24H20N4O6S2. The molecule has 1 aromatic heterocycles. The first-order valence-electron chi connectivity index (χ1n) is 10.9. The van der Waals surface area contributed by atoms with Crippen molar-refractivity contribution < 1.29 is 22.9 Å². The number of benzene rings is 3. The number of nitrogens with one attached hydrogen (secondary N) is 1. The number of nitrogens with zero attached hydrogens (tertiary/aromatic N) is 3. The molecule has 1 aliphatic rings. The highest BCUT2D eigenvalue weighted by Gasteiger charge is 2.29. The molecule has 0 saturated heterocycles. The van der Waals surface area contributed by atoms with Gasteiger partial charge < -0.3 is 4.74 Å². The van der Waals surface area contributed by atoms with Crippen LogP contribution in [0.25, 0.3) is 10.2 Å². The van der Waals surface area contributed by atoms with Gasteiger partial charge in [-0.15, -0.1) is 0 Å².